The minimum Gasteiger partial charge on any atom is -0.366 e. The van der Waals surface area contributed by atoms with Crippen molar-refractivity contribution in [2.75, 3.05) is 13.3 Å². The van der Waals surface area contributed by atoms with Crippen molar-refractivity contribution in [3.63, 3.8) is 0 Å². The molecule has 0 radical (unpaired) electrons. The smallest absolute Gasteiger partial charge is 0.150 e. The van der Waals surface area contributed by atoms with Crippen LogP contribution in [0.4, 0.5) is 4.39 Å². The van der Waals surface area contributed by atoms with Crippen molar-refractivity contribution in [3.05, 3.63) is 35.8 Å². The van der Waals surface area contributed by atoms with Gasteiger partial charge in [0.05, 0.1) is 0 Å². The van der Waals surface area contributed by atoms with Crippen molar-refractivity contribution in [2.45, 2.75) is 33.1 Å². The van der Waals surface area contributed by atoms with E-state index in [2.05, 4.69) is 18.8 Å². The van der Waals surface area contributed by atoms with Crippen LogP contribution in [0.25, 0.3) is 0 Å². The van der Waals surface area contributed by atoms with E-state index in [9.17, 15) is 9.18 Å². The van der Waals surface area contributed by atoms with Gasteiger partial charge in [-0.1, -0.05) is 26.3 Å². The number of allylic oxidation sites excluding steroid dienone is 5. The second-order valence-electron chi connectivity index (χ2n) is 3.97. The molecule has 0 unspecified atom stereocenters. The van der Waals surface area contributed by atoms with Gasteiger partial charge in [0.1, 0.15) is 18.8 Å². The number of hydrogen-bond donors (Lipinski definition) is 1. The summed E-state index contributed by atoms with van der Waals surface area (Å²) in [6.07, 6.45) is 6.58. The van der Waals surface area contributed by atoms with E-state index in [1.165, 1.54) is 0 Å². The Morgan fingerprint density at radius 1 is 1.39 bits per heavy atom. The third-order valence-electron chi connectivity index (χ3n) is 2.19. The summed E-state index contributed by atoms with van der Waals surface area (Å²) in [6, 6.07) is 0. The number of ether oxygens (including phenoxy) is 1. The maximum Gasteiger partial charge on any atom is 0.150 e. The second-order valence-corrected chi connectivity index (χ2v) is 3.97. The van der Waals surface area contributed by atoms with Crippen LogP contribution in [0.3, 0.4) is 0 Å². The minimum atomic E-state index is -0.642. The van der Waals surface area contributed by atoms with E-state index in [-0.39, 0.29) is 5.57 Å². The molecule has 0 saturated heterocycles. The summed E-state index contributed by atoms with van der Waals surface area (Å²) in [5, 5.41) is 2.98. The highest BCUT2D eigenvalue weighted by Gasteiger charge is 1.95. The lowest BCUT2D eigenvalue weighted by Gasteiger charge is -2.07. The first kappa shape index (κ1) is 16.6. The average Bonchev–Trinajstić information content (AvgIpc) is 2.32. The zero-order valence-electron chi connectivity index (χ0n) is 11.2. The van der Waals surface area contributed by atoms with Crippen LogP contribution >= 0.6 is 0 Å². The summed E-state index contributed by atoms with van der Waals surface area (Å²) in [4.78, 5) is 10.6. The molecule has 0 aromatic carbocycles. The number of nitrogens with one attached hydrogen (secondary N) is 1. The Morgan fingerprint density at radius 3 is 2.67 bits per heavy atom. The minimum absolute atomic E-state index is 0.235. The lowest BCUT2D eigenvalue weighted by Crippen LogP contribution is -2.16. The van der Waals surface area contributed by atoms with Crippen molar-refractivity contribution in [1.82, 2.24) is 5.32 Å². The molecule has 102 valence electrons. The van der Waals surface area contributed by atoms with Gasteiger partial charge in [-0.15, -0.1) is 0 Å². The Kier molecular flexibility index (Phi) is 9.87. The molecule has 0 saturated carbocycles. The van der Waals surface area contributed by atoms with Crippen molar-refractivity contribution in [3.8, 4) is 0 Å². The summed E-state index contributed by atoms with van der Waals surface area (Å²) in [6.45, 7) is 8.10. The largest absolute Gasteiger partial charge is 0.366 e. The van der Waals surface area contributed by atoms with Gasteiger partial charge in [0.2, 0.25) is 0 Å². The zero-order chi connectivity index (χ0) is 13.8. The molecule has 0 aromatic rings. The highest BCUT2D eigenvalue weighted by molar-refractivity contribution is 5.78. The number of hydrogen-bond acceptors (Lipinski definition) is 3. The Bertz CT molecular complexity index is 322. The number of rotatable bonds is 10. The number of halogens is 1. The summed E-state index contributed by atoms with van der Waals surface area (Å²) in [5.74, 6) is -0.642. The molecule has 0 bridgehead atoms. The topological polar surface area (TPSA) is 38.3 Å². The maximum absolute atomic E-state index is 12.5. The Balaban J connectivity index is 3.96. The molecule has 0 heterocycles. The summed E-state index contributed by atoms with van der Waals surface area (Å²) in [7, 11) is 0. The lowest BCUT2D eigenvalue weighted by atomic mass is 10.2. The van der Waals surface area contributed by atoms with Crippen molar-refractivity contribution in [2.24, 2.45) is 0 Å². The summed E-state index contributed by atoms with van der Waals surface area (Å²) in [5.41, 5.74) is 0.976. The molecule has 0 amide bonds. The third-order valence-corrected chi connectivity index (χ3v) is 2.19. The number of unbranched alkanes of at least 4 members (excludes halogenated alkanes) is 2. The number of carbonyl (C=O) groups excluding carboxylic acids is 1. The van der Waals surface area contributed by atoms with Gasteiger partial charge in [0.15, 0.2) is 0 Å². The fraction of sp³-hybridized carbons (Fsp3) is 0.500. The monoisotopic (exact) mass is 255 g/mol. The molecule has 0 spiro atoms. The fourth-order valence-corrected chi connectivity index (χ4v) is 1.28. The highest BCUT2D eigenvalue weighted by Crippen LogP contribution is 2.03. The fourth-order valence-electron chi connectivity index (χ4n) is 1.28. The van der Waals surface area contributed by atoms with Crippen LogP contribution in [-0.2, 0) is 9.53 Å². The van der Waals surface area contributed by atoms with Crippen LogP contribution in [-0.4, -0.2) is 19.6 Å². The van der Waals surface area contributed by atoms with Crippen molar-refractivity contribution >= 4 is 6.29 Å². The second kappa shape index (κ2) is 10.7. The van der Waals surface area contributed by atoms with Gasteiger partial charge in [-0.05, 0) is 25.5 Å². The van der Waals surface area contributed by atoms with Gasteiger partial charge >= 0.3 is 0 Å². The van der Waals surface area contributed by atoms with Gasteiger partial charge in [0, 0.05) is 17.9 Å². The first-order valence-electron chi connectivity index (χ1n) is 6.11. The molecule has 0 fully saturated rings. The van der Waals surface area contributed by atoms with E-state index >= 15 is 0 Å². The Hall–Kier alpha value is -1.42. The summed E-state index contributed by atoms with van der Waals surface area (Å²) >= 11 is 0. The molecule has 3 nitrogen and oxygen atoms in total. The van der Waals surface area contributed by atoms with Crippen LogP contribution in [0.5, 0.6) is 0 Å². The molecular weight excluding hydrogens is 233 g/mol. The molecule has 0 aromatic heterocycles. The third kappa shape index (κ3) is 9.78. The SMILES string of the molecule is C=C(F)/C=C(C=O)\C=C(/C)NCOCCCCC. The Labute approximate surface area is 108 Å². The van der Waals surface area contributed by atoms with Gasteiger partial charge < -0.3 is 10.1 Å². The quantitative estimate of drug-likeness (QED) is 0.214. The lowest BCUT2D eigenvalue weighted by molar-refractivity contribution is -0.104. The molecular formula is C14H22FNO2. The van der Waals surface area contributed by atoms with Crippen molar-refractivity contribution < 1.29 is 13.9 Å². The van der Waals surface area contributed by atoms with Gasteiger partial charge in [0.25, 0.3) is 0 Å². The molecule has 4 heteroatoms. The van der Waals surface area contributed by atoms with Crippen LogP contribution < -0.4 is 5.32 Å². The molecule has 0 rings (SSSR count). The van der Waals surface area contributed by atoms with E-state index in [1.54, 1.807) is 13.0 Å². The maximum atomic E-state index is 12.5. The number of carbonyl (C=O) groups is 1. The molecule has 0 aliphatic heterocycles. The molecule has 0 aliphatic carbocycles. The van der Waals surface area contributed by atoms with Gasteiger partial charge in [-0.25, -0.2) is 4.39 Å². The average molecular weight is 255 g/mol. The van der Waals surface area contributed by atoms with E-state index in [0.717, 1.165) is 31.0 Å². The van der Waals surface area contributed by atoms with Crippen LogP contribution in [0.2, 0.25) is 0 Å². The molecule has 18 heavy (non-hydrogen) atoms. The predicted octanol–water partition coefficient (Wildman–Crippen LogP) is 3.25. The standard InChI is InChI=1S/C14H22FNO2/c1-4-5-6-7-18-11-16-13(3)9-14(10-17)8-12(2)15/h8-10,16H,2,4-7,11H2,1,3H3/b13-9+,14-8+. The molecule has 1 N–H and O–H groups in total. The highest BCUT2D eigenvalue weighted by atomic mass is 19.1. The normalized spacial score (nSPS) is 12.4. The van der Waals surface area contributed by atoms with Crippen LogP contribution in [0.1, 0.15) is 33.1 Å². The van der Waals surface area contributed by atoms with Gasteiger partial charge in [-0.3, -0.25) is 4.79 Å². The van der Waals surface area contributed by atoms with E-state index in [1.807, 2.05) is 0 Å². The molecule has 0 atom stereocenters. The zero-order valence-corrected chi connectivity index (χ0v) is 11.2. The first-order chi connectivity index (χ1) is 8.60. The first-order valence-corrected chi connectivity index (χ1v) is 6.11. The predicted molar refractivity (Wildman–Crippen MR) is 71.6 cm³/mol. The van der Waals surface area contributed by atoms with E-state index in [4.69, 9.17) is 4.74 Å². The van der Waals surface area contributed by atoms with E-state index < -0.39 is 5.83 Å². The van der Waals surface area contributed by atoms with E-state index in [0.29, 0.717) is 19.6 Å². The Morgan fingerprint density at radius 2 is 2.11 bits per heavy atom. The van der Waals surface area contributed by atoms with Crippen LogP contribution in [0, 0.1) is 0 Å². The van der Waals surface area contributed by atoms with Crippen LogP contribution in [0.15, 0.2) is 35.8 Å². The summed E-state index contributed by atoms with van der Waals surface area (Å²) < 4.78 is 17.9. The molecule has 0 aliphatic rings. The number of aldehydes is 1. The van der Waals surface area contributed by atoms with Crippen molar-refractivity contribution in [1.29, 1.82) is 0 Å². The van der Waals surface area contributed by atoms with Gasteiger partial charge in [-0.2, -0.15) is 0 Å².